The third-order valence-electron chi connectivity index (χ3n) is 4.63. The van der Waals surface area contributed by atoms with Gasteiger partial charge in [0.25, 0.3) is 0 Å². The molecular formula is C14H25NO3. The summed E-state index contributed by atoms with van der Waals surface area (Å²) >= 11 is 0. The summed E-state index contributed by atoms with van der Waals surface area (Å²) in [6.45, 7) is 2.96. The quantitative estimate of drug-likeness (QED) is 0.736. The molecule has 2 fully saturated rings. The Kier molecular flexibility index (Phi) is 4.62. The maximum Gasteiger partial charge on any atom is 0.303 e. The fourth-order valence-corrected chi connectivity index (χ4v) is 3.45. The van der Waals surface area contributed by atoms with E-state index < -0.39 is 11.6 Å². The van der Waals surface area contributed by atoms with Crippen LogP contribution in [0.15, 0.2) is 0 Å². The molecule has 1 aliphatic carbocycles. The van der Waals surface area contributed by atoms with Crippen molar-refractivity contribution < 1.29 is 15.0 Å². The van der Waals surface area contributed by atoms with Crippen LogP contribution in [0.3, 0.4) is 0 Å². The molecule has 2 rings (SSSR count). The van der Waals surface area contributed by atoms with Crippen molar-refractivity contribution in [3.8, 4) is 0 Å². The summed E-state index contributed by atoms with van der Waals surface area (Å²) in [6.07, 6.45) is 7.45. The number of carbonyl (C=O) groups is 1. The average Bonchev–Trinajstić information content (AvgIpc) is 2.34. The van der Waals surface area contributed by atoms with Crippen LogP contribution in [0.4, 0.5) is 0 Å². The zero-order valence-corrected chi connectivity index (χ0v) is 11.1. The highest BCUT2D eigenvalue weighted by Gasteiger charge is 2.42. The standard InChI is InChI=1S/C14H25NO3/c16-13(17)6-2-4-9-15-10-8-14(18)7-3-1-5-12(14)11-15/h12,18H,1-11H2,(H,16,17). The van der Waals surface area contributed by atoms with Crippen LogP contribution in [0.25, 0.3) is 0 Å². The Morgan fingerprint density at radius 2 is 2.11 bits per heavy atom. The zero-order valence-electron chi connectivity index (χ0n) is 11.1. The average molecular weight is 255 g/mol. The smallest absolute Gasteiger partial charge is 0.303 e. The lowest BCUT2D eigenvalue weighted by atomic mass is 9.71. The van der Waals surface area contributed by atoms with Gasteiger partial charge in [0.05, 0.1) is 5.60 Å². The van der Waals surface area contributed by atoms with Crippen LogP contribution in [0.5, 0.6) is 0 Å². The number of piperidine rings is 1. The van der Waals surface area contributed by atoms with Crippen molar-refractivity contribution in [2.45, 2.75) is 57.0 Å². The van der Waals surface area contributed by atoms with Gasteiger partial charge in [-0.1, -0.05) is 12.8 Å². The Hall–Kier alpha value is -0.610. The summed E-state index contributed by atoms with van der Waals surface area (Å²) in [7, 11) is 0. The molecule has 2 aliphatic rings. The van der Waals surface area contributed by atoms with Crippen molar-refractivity contribution in [1.82, 2.24) is 4.90 Å². The van der Waals surface area contributed by atoms with E-state index in [1.807, 2.05) is 0 Å². The van der Waals surface area contributed by atoms with Gasteiger partial charge in [-0.3, -0.25) is 4.79 Å². The molecule has 0 aromatic heterocycles. The summed E-state index contributed by atoms with van der Waals surface area (Å²) in [4.78, 5) is 12.8. The number of aliphatic carboxylic acids is 1. The SMILES string of the molecule is O=C(O)CCCCN1CCC2(O)CCCCC2C1. The van der Waals surface area contributed by atoms with Crippen molar-refractivity contribution in [3.63, 3.8) is 0 Å². The predicted molar refractivity (Wildman–Crippen MR) is 69.5 cm³/mol. The molecule has 0 spiro atoms. The van der Waals surface area contributed by atoms with Crippen LogP contribution < -0.4 is 0 Å². The molecule has 2 N–H and O–H groups in total. The van der Waals surface area contributed by atoms with Gasteiger partial charge in [-0.2, -0.15) is 0 Å². The summed E-state index contributed by atoms with van der Waals surface area (Å²) in [6, 6.07) is 0. The number of carboxylic acids is 1. The lowest BCUT2D eigenvalue weighted by Crippen LogP contribution is -2.53. The van der Waals surface area contributed by atoms with Crippen LogP contribution in [-0.2, 0) is 4.79 Å². The molecule has 0 amide bonds. The highest BCUT2D eigenvalue weighted by Crippen LogP contribution is 2.39. The van der Waals surface area contributed by atoms with Gasteiger partial charge in [-0.15, -0.1) is 0 Å². The monoisotopic (exact) mass is 255 g/mol. The summed E-state index contributed by atoms with van der Waals surface area (Å²) < 4.78 is 0. The molecule has 104 valence electrons. The van der Waals surface area contributed by atoms with Crippen molar-refractivity contribution in [1.29, 1.82) is 0 Å². The van der Waals surface area contributed by atoms with E-state index in [-0.39, 0.29) is 6.42 Å². The minimum Gasteiger partial charge on any atom is -0.481 e. The predicted octanol–water partition coefficient (Wildman–Crippen LogP) is 1.87. The second kappa shape index (κ2) is 6.02. The summed E-state index contributed by atoms with van der Waals surface area (Å²) in [5.41, 5.74) is -0.393. The van der Waals surface area contributed by atoms with Gasteiger partial charge in [0, 0.05) is 25.4 Å². The third-order valence-corrected chi connectivity index (χ3v) is 4.63. The molecule has 2 unspecified atom stereocenters. The number of hydrogen-bond acceptors (Lipinski definition) is 3. The Morgan fingerprint density at radius 3 is 2.89 bits per heavy atom. The number of nitrogens with zero attached hydrogens (tertiary/aromatic N) is 1. The number of rotatable bonds is 5. The van der Waals surface area contributed by atoms with Gasteiger partial charge >= 0.3 is 5.97 Å². The Balaban J connectivity index is 1.71. The minimum atomic E-state index is -0.699. The number of fused-ring (bicyclic) bond motifs is 1. The molecule has 0 aromatic rings. The molecule has 0 bridgehead atoms. The molecule has 1 heterocycles. The Bertz CT molecular complexity index is 295. The molecule has 0 radical (unpaired) electrons. The molecule has 18 heavy (non-hydrogen) atoms. The van der Waals surface area contributed by atoms with E-state index in [9.17, 15) is 9.90 Å². The minimum absolute atomic E-state index is 0.279. The molecule has 4 nitrogen and oxygen atoms in total. The lowest BCUT2D eigenvalue weighted by Gasteiger charge is -2.47. The first-order chi connectivity index (χ1) is 8.60. The van der Waals surface area contributed by atoms with Crippen LogP contribution in [0.2, 0.25) is 0 Å². The largest absolute Gasteiger partial charge is 0.481 e. The van der Waals surface area contributed by atoms with Crippen molar-refractivity contribution >= 4 is 5.97 Å². The number of hydrogen-bond donors (Lipinski definition) is 2. The van der Waals surface area contributed by atoms with Crippen molar-refractivity contribution in [3.05, 3.63) is 0 Å². The molecule has 2 atom stereocenters. The first-order valence-corrected chi connectivity index (χ1v) is 7.27. The van der Waals surface area contributed by atoms with E-state index in [0.29, 0.717) is 5.92 Å². The fraction of sp³-hybridized carbons (Fsp3) is 0.929. The molecule has 1 saturated heterocycles. The van der Waals surface area contributed by atoms with Gasteiger partial charge in [-0.05, 0) is 38.6 Å². The maximum atomic E-state index is 10.5. The van der Waals surface area contributed by atoms with Crippen LogP contribution in [-0.4, -0.2) is 46.3 Å². The molecule has 1 saturated carbocycles. The highest BCUT2D eigenvalue weighted by molar-refractivity contribution is 5.66. The Morgan fingerprint density at radius 1 is 1.28 bits per heavy atom. The molecule has 0 aromatic carbocycles. The van der Waals surface area contributed by atoms with E-state index in [1.165, 1.54) is 12.8 Å². The van der Waals surface area contributed by atoms with Gasteiger partial charge in [0.1, 0.15) is 0 Å². The van der Waals surface area contributed by atoms with E-state index in [1.54, 1.807) is 0 Å². The van der Waals surface area contributed by atoms with Gasteiger partial charge in [0.15, 0.2) is 0 Å². The molecule has 4 heteroatoms. The number of unbranched alkanes of at least 4 members (excludes halogenated alkanes) is 1. The Labute approximate surface area is 109 Å². The van der Waals surface area contributed by atoms with Crippen molar-refractivity contribution in [2.24, 2.45) is 5.92 Å². The maximum absolute atomic E-state index is 10.5. The molecule has 1 aliphatic heterocycles. The normalized spacial score (nSPS) is 33.1. The highest BCUT2D eigenvalue weighted by atomic mass is 16.4. The number of likely N-dealkylation sites (tertiary alicyclic amines) is 1. The first-order valence-electron chi connectivity index (χ1n) is 7.27. The number of carboxylic acid groups (broad SMARTS) is 1. The van der Waals surface area contributed by atoms with Gasteiger partial charge < -0.3 is 15.1 Å². The number of aliphatic hydroxyl groups is 1. The zero-order chi connectivity index (χ0) is 13.0. The molecular weight excluding hydrogens is 230 g/mol. The van der Waals surface area contributed by atoms with E-state index in [4.69, 9.17) is 5.11 Å². The summed E-state index contributed by atoms with van der Waals surface area (Å²) in [5, 5.41) is 19.1. The van der Waals surface area contributed by atoms with E-state index in [2.05, 4.69) is 4.90 Å². The first kappa shape index (κ1) is 13.8. The lowest BCUT2D eigenvalue weighted by molar-refractivity contribution is -0.137. The van der Waals surface area contributed by atoms with Crippen LogP contribution in [0, 0.1) is 5.92 Å². The van der Waals surface area contributed by atoms with Crippen LogP contribution >= 0.6 is 0 Å². The van der Waals surface area contributed by atoms with Crippen molar-refractivity contribution in [2.75, 3.05) is 19.6 Å². The second-order valence-corrected chi connectivity index (χ2v) is 5.95. The van der Waals surface area contributed by atoms with Crippen LogP contribution in [0.1, 0.15) is 51.4 Å². The summed E-state index contributed by atoms with van der Waals surface area (Å²) in [5.74, 6) is -0.255. The second-order valence-electron chi connectivity index (χ2n) is 5.95. The van der Waals surface area contributed by atoms with Gasteiger partial charge in [0.2, 0.25) is 0 Å². The van der Waals surface area contributed by atoms with Gasteiger partial charge in [-0.25, -0.2) is 0 Å². The third kappa shape index (κ3) is 3.45. The topological polar surface area (TPSA) is 60.8 Å². The van der Waals surface area contributed by atoms with E-state index in [0.717, 1.165) is 51.7 Å². The fourth-order valence-electron chi connectivity index (χ4n) is 3.45. The van der Waals surface area contributed by atoms with E-state index >= 15 is 0 Å².